The highest BCUT2D eigenvalue weighted by Crippen LogP contribution is 2.32. The molecule has 1 aromatic heterocycles. The van der Waals surface area contributed by atoms with Crippen molar-refractivity contribution in [1.29, 1.82) is 0 Å². The van der Waals surface area contributed by atoms with Crippen LogP contribution in [0.25, 0.3) is 32.9 Å². The summed E-state index contributed by atoms with van der Waals surface area (Å²) in [5, 5.41) is 3.76. The molecule has 1 saturated heterocycles. The van der Waals surface area contributed by atoms with Gasteiger partial charge in [-0.1, -0.05) is 54.6 Å². The van der Waals surface area contributed by atoms with Crippen molar-refractivity contribution in [3.63, 3.8) is 0 Å². The van der Waals surface area contributed by atoms with Crippen molar-refractivity contribution in [3.8, 4) is 11.3 Å². The first-order valence-corrected chi connectivity index (χ1v) is 9.60. The molecule has 5 heteroatoms. The minimum absolute atomic E-state index is 0. The van der Waals surface area contributed by atoms with Gasteiger partial charge >= 0.3 is 0 Å². The average molecular weight is 389 g/mol. The topological polar surface area (TPSA) is 82.4 Å². The van der Waals surface area contributed by atoms with Crippen LogP contribution in [0, 0.1) is 0 Å². The van der Waals surface area contributed by atoms with Gasteiger partial charge in [0.05, 0.1) is 11.2 Å². The number of anilines is 1. The summed E-state index contributed by atoms with van der Waals surface area (Å²) in [5.41, 5.74) is 4.59. The largest absolute Gasteiger partial charge is 0.412 e. The first-order chi connectivity index (χ1) is 13.3. The van der Waals surface area contributed by atoms with Crippen LogP contribution in [0.3, 0.4) is 0 Å². The van der Waals surface area contributed by atoms with Crippen LogP contribution >= 0.6 is 0 Å². The summed E-state index contributed by atoms with van der Waals surface area (Å²) in [6.45, 7) is 4.31. The molecular weight excluding hydrogens is 362 g/mol. The molecular formula is C24H27N3O2. The molecule has 150 valence electrons. The molecule has 0 atom stereocenters. The van der Waals surface area contributed by atoms with Gasteiger partial charge in [-0.25, -0.2) is 4.98 Å². The lowest BCUT2D eigenvalue weighted by Crippen LogP contribution is -2.44. The zero-order chi connectivity index (χ0) is 18.2. The molecule has 0 amide bonds. The van der Waals surface area contributed by atoms with E-state index in [1.54, 1.807) is 0 Å². The number of pyridine rings is 1. The molecule has 5 nitrogen and oxygen atoms in total. The van der Waals surface area contributed by atoms with Crippen molar-refractivity contribution >= 4 is 27.4 Å². The second kappa shape index (κ2) is 8.57. The van der Waals surface area contributed by atoms with Gasteiger partial charge < -0.3 is 20.8 Å². The predicted octanol–water partition coefficient (Wildman–Crippen LogP) is 3.16. The fraction of sp³-hybridized carbons (Fsp3) is 0.208. The van der Waals surface area contributed by atoms with Crippen molar-refractivity contribution in [2.24, 2.45) is 0 Å². The molecule has 0 saturated carbocycles. The fourth-order valence-corrected chi connectivity index (χ4v) is 3.96. The third-order valence-electron chi connectivity index (χ3n) is 5.58. The quantitative estimate of drug-likeness (QED) is 0.528. The first kappa shape index (κ1) is 20.7. The second-order valence-electron chi connectivity index (χ2n) is 7.40. The molecule has 0 aliphatic carbocycles. The van der Waals surface area contributed by atoms with E-state index >= 15 is 0 Å². The van der Waals surface area contributed by atoms with E-state index < -0.39 is 0 Å². The Morgan fingerprint density at radius 3 is 2.21 bits per heavy atom. The van der Waals surface area contributed by atoms with Gasteiger partial charge in [-0.2, -0.15) is 0 Å². The smallest absolute Gasteiger partial charge is 0.0730 e. The predicted molar refractivity (Wildman–Crippen MR) is 122 cm³/mol. The molecule has 29 heavy (non-hydrogen) atoms. The van der Waals surface area contributed by atoms with Gasteiger partial charge in [-0.05, 0) is 36.0 Å². The Morgan fingerprint density at radius 1 is 0.724 bits per heavy atom. The van der Waals surface area contributed by atoms with Crippen molar-refractivity contribution in [1.82, 2.24) is 9.88 Å². The lowest BCUT2D eigenvalue weighted by Gasteiger charge is -2.34. The summed E-state index contributed by atoms with van der Waals surface area (Å²) in [5.74, 6) is 0. The fourth-order valence-electron chi connectivity index (χ4n) is 3.96. The maximum Gasteiger partial charge on any atom is 0.0730 e. The molecule has 4 N–H and O–H groups in total. The summed E-state index contributed by atoms with van der Waals surface area (Å²) >= 11 is 0. The van der Waals surface area contributed by atoms with Gasteiger partial charge in [0.1, 0.15) is 0 Å². The van der Waals surface area contributed by atoms with Crippen molar-refractivity contribution < 1.29 is 11.0 Å². The van der Waals surface area contributed by atoms with Crippen LogP contribution in [-0.2, 0) is 0 Å². The Hall–Kier alpha value is -2.99. The third-order valence-corrected chi connectivity index (χ3v) is 5.58. The third kappa shape index (κ3) is 3.93. The van der Waals surface area contributed by atoms with Crippen LogP contribution in [0.1, 0.15) is 0 Å². The monoisotopic (exact) mass is 389 g/mol. The molecule has 4 aromatic rings. The zero-order valence-electron chi connectivity index (χ0n) is 16.6. The molecule has 1 aliphatic rings. The number of aromatic nitrogens is 1. The number of hydrogen-bond donors (Lipinski definition) is 0. The van der Waals surface area contributed by atoms with Crippen molar-refractivity contribution in [2.75, 3.05) is 38.1 Å². The maximum absolute atomic E-state index is 4.99. The summed E-state index contributed by atoms with van der Waals surface area (Å²) < 4.78 is 0. The van der Waals surface area contributed by atoms with Gasteiger partial charge in [-0.15, -0.1) is 0 Å². The average Bonchev–Trinajstić information content (AvgIpc) is 2.73. The summed E-state index contributed by atoms with van der Waals surface area (Å²) in [6.07, 6.45) is 0. The Balaban J connectivity index is 0.00000120. The van der Waals surface area contributed by atoms with Crippen LogP contribution < -0.4 is 4.90 Å². The number of rotatable bonds is 2. The van der Waals surface area contributed by atoms with Gasteiger partial charge in [0.2, 0.25) is 0 Å². The lowest BCUT2D eigenvalue weighted by atomic mass is 10.0. The van der Waals surface area contributed by atoms with E-state index in [1.165, 1.54) is 27.4 Å². The zero-order valence-corrected chi connectivity index (χ0v) is 16.6. The van der Waals surface area contributed by atoms with Gasteiger partial charge in [0.15, 0.2) is 0 Å². The lowest BCUT2D eigenvalue weighted by molar-refractivity contribution is 0.313. The highest BCUT2D eigenvalue weighted by Gasteiger charge is 2.18. The van der Waals surface area contributed by atoms with Gasteiger partial charge in [-0.3, -0.25) is 0 Å². The van der Waals surface area contributed by atoms with Gasteiger partial charge in [0, 0.05) is 42.8 Å². The summed E-state index contributed by atoms with van der Waals surface area (Å²) in [6, 6.07) is 25.9. The van der Waals surface area contributed by atoms with E-state index in [0.717, 1.165) is 37.4 Å². The number of benzene rings is 3. The number of piperazine rings is 1. The maximum atomic E-state index is 4.99. The Labute approximate surface area is 170 Å². The minimum atomic E-state index is 0. The number of hydrogen-bond acceptors (Lipinski definition) is 3. The number of nitrogens with zero attached hydrogens (tertiary/aromatic N) is 3. The van der Waals surface area contributed by atoms with Crippen LogP contribution in [0.15, 0.2) is 72.8 Å². The highest BCUT2D eigenvalue weighted by molar-refractivity contribution is 5.95. The molecule has 0 unspecified atom stereocenters. The Bertz CT molecular complexity index is 1120. The van der Waals surface area contributed by atoms with Crippen molar-refractivity contribution in [3.05, 3.63) is 72.8 Å². The molecule has 1 aliphatic heterocycles. The molecule has 0 bridgehead atoms. The van der Waals surface area contributed by atoms with Crippen molar-refractivity contribution in [2.45, 2.75) is 0 Å². The Morgan fingerprint density at radius 2 is 1.41 bits per heavy atom. The van der Waals surface area contributed by atoms with E-state index in [-0.39, 0.29) is 11.0 Å². The first-order valence-electron chi connectivity index (χ1n) is 9.60. The molecule has 5 rings (SSSR count). The van der Waals surface area contributed by atoms with E-state index in [4.69, 9.17) is 4.98 Å². The Kier molecular flexibility index (Phi) is 6.13. The van der Waals surface area contributed by atoms with E-state index in [0.29, 0.717) is 0 Å². The number of likely N-dealkylation sites (N-methyl/N-ethyl adjacent to an activating group) is 1. The SMILES string of the molecule is CN1CCN(c2cc(-c3ccc4ccccc4c3)nc3ccccc23)CC1.O.O. The van der Waals surface area contributed by atoms with Gasteiger partial charge in [0.25, 0.3) is 0 Å². The van der Waals surface area contributed by atoms with E-state index in [2.05, 4.69) is 89.6 Å². The molecule has 3 aromatic carbocycles. The van der Waals surface area contributed by atoms with E-state index in [1.807, 2.05) is 0 Å². The molecule has 2 heterocycles. The molecule has 0 spiro atoms. The number of para-hydroxylation sites is 1. The highest BCUT2D eigenvalue weighted by atomic mass is 16.0. The standard InChI is InChI=1S/C24H23N3.2H2O/c1-26-12-14-27(15-13-26)24-17-23(25-22-9-5-4-8-21(22)24)20-11-10-18-6-2-3-7-19(18)16-20;;/h2-11,16-17H,12-15H2,1H3;2*1H2. The normalized spacial score (nSPS) is 14.4. The summed E-state index contributed by atoms with van der Waals surface area (Å²) in [4.78, 5) is 9.89. The van der Waals surface area contributed by atoms with E-state index in [9.17, 15) is 0 Å². The second-order valence-corrected chi connectivity index (χ2v) is 7.40. The molecule has 1 fully saturated rings. The molecule has 0 radical (unpaired) electrons. The minimum Gasteiger partial charge on any atom is -0.412 e. The van der Waals surface area contributed by atoms with Crippen LogP contribution in [0.5, 0.6) is 0 Å². The van der Waals surface area contributed by atoms with Crippen LogP contribution in [0.2, 0.25) is 0 Å². The van der Waals surface area contributed by atoms with Crippen LogP contribution in [0.4, 0.5) is 5.69 Å². The number of fused-ring (bicyclic) bond motifs is 2. The van der Waals surface area contributed by atoms with Crippen LogP contribution in [-0.4, -0.2) is 54.1 Å². The summed E-state index contributed by atoms with van der Waals surface area (Å²) in [7, 11) is 2.20.